The van der Waals surface area contributed by atoms with Gasteiger partial charge >= 0.3 is 0 Å². The van der Waals surface area contributed by atoms with Crippen molar-refractivity contribution < 1.29 is 9.59 Å². The van der Waals surface area contributed by atoms with Crippen LogP contribution in [-0.2, 0) is 4.79 Å². The lowest BCUT2D eigenvalue weighted by Gasteiger charge is -2.17. The highest BCUT2D eigenvalue weighted by Crippen LogP contribution is 2.22. The molecule has 1 fully saturated rings. The van der Waals surface area contributed by atoms with Crippen LogP contribution in [0.25, 0.3) is 0 Å². The van der Waals surface area contributed by atoms with Crippen molar-refractivity contribution in [2.45, 2.75) is 19.4 Å². The van der Waals surface area contributed by atoms with E-state index in [1.807, 2.05) is 42.6 Å². The summed E-state index contributed by atoms with van der Waals surface area (Å²) in [6.07, 6.45) is 0.352. The summed E-state index contributed by atoms with van der Waals surface area (Å²) in [4.78, 5) is 26.6. The third kappa shape index (κ3) is 2.97. The molecule has 1 aromatic heterocycles. The number of carbonyl (C=O) groups excluding carboxylic acids is 2. The van der Waals surface area contributed by atoms with E-state index in [1.54, 1.807) is 11.0 Å². The number of benzene rings is 1. The Hall–Kier alpha value is -2.14. The summed E-state index contributed by atoms with van der Waals surface area (Å²) < 4.78 is 0. The largest absolute Gasteiger partial charge is 0.346 e. The van der Waals surface area contributed by atoms with E-state index < -0.39 is 0 Å². The van der Waals surface area contributed by atoms with Gasteiger partial charge in [0.15, 0.2) is 0 Å². The molecule has 3 rings (SSSR count). The average molecular weight is 300 g/mol. The van der Waals surface area contributed by atoms with E-state index in [2.05, 4.69) is 5.32 Å². The van der Waals surface area contributed by atoms with Crippen LogP contribution in [0, 0.1) is 6.92 Å². The van der Waals surface area contributed by atoms with Crippen molar-refractivity contribution in [2.24, 2.45) is 0 Å². The lowest BCUT2D eigenvalue weighted by Crippen LogP contribution is -2.36. The van der Waals surface area contributed by atoms with Gasteiger partial charge in [0, 0.05) is 18.7 Å². The number of carbonyl (C=O) groups is 2. The van der Waals surface area contributed by atoms with E-state index in [0.29, 0.717) is 17.8 Å². The molecule has 0 spiro atoms. The Labute approximate surface area is 127 Å². The molecule has 4 nitrogen and oxygen atoms in total. The Morgan fingerprint density at radius 2 is 2.05 bits per heavy atom. The van der Waals surface area contributed by atoms with Gasteiger partial charge in [0.25, 0.3) is 5.91 Å². The van der Waals surface area contributed by atoms with Crippen molar-refractivity contribution in [3.63, 3.8) is 0 Å². The Kier molecular flexibility index (Phi) is 3.75. The molecule has 1 aliphatic heterocycles. The summed E-state index contributed by atoms with van der Waals surface area (Å²) >= 11 is 1.40. The molecule has 108 valence electrons. The van der Waals surface area contributed by atoms with E-state index in [-0.39, 0.29) is 17.9 Å². The van der Waals surface area contributed by atoms with E-state index in [4.69, 9.17) is 0 Å². The maximum atomic E-state index is 12.1. The topological polar surface area (TPSA) is 49.4 Å². The molecule has 0 radical (unpaired) electrons. The summed E-state index contributed by atoms with van der Waals surface area (Å²) in [7, 11) is 0. The average Bonchev–Trinajstić information content (AvgIpc) is 3.10. The van der Waals surface area contributed by atoms with Crippen molar-refractivity contribution in [3.05, 3.63) is 52.2 Å². The van der Waals surface area contributed by atoms with Crippen molar-refractivity contribution in [1.29, 1.82) is 0 Å². The smallest absolute Gasteiger partial charge is 0.261 e. The molecule has 0 aliphatic carbocycles. The van der Waals surface area contributed by atoms with Gasteiger partial charge in [-0.15, -0.1) is 11.3 Å². The second kappa shape index (κ2) is 5.69. The molecule has 1 aliphatic rings. The molecule has 1 aromatic carbocycles. The summed E-state index contributed by atoms with van der Waals surface area (Å²) in [5.41, 5.74) is 2.05. The van der Waals surface area contributed by atoms with Gasteiger partial charge in [-0.05, 0) is 30.5 Å². The predicted molar refractivity (Wildman–Crippen MR) is 83.7 cm³/mol. The van der Waals surface area contributed by atoms with E-state index in [9.17, 15) is 9.59 Å². The monoisotopic (exact) mass is 300 g/mol. The number of amides is 2. The van der Waals surface area contributed by atoms with Crippen LogP contribution < -0.4 is 10.2 Å². The number of anilines is 1. The van der Waals surface area contributed by atoms with E-state index >= 15 is 0 Å². The van der Waals surface area contributed by atoms with Gasteiger partial charge in [-0.2, -0.15) is 0 Å². The minimum Gasteiger partial charge on any atom is -0.346 e. The Bertz CT molecular complexity index is 649. The highest BCUT2D eigenvalue weighted by molar-refractivity contribution is 7.12. The lowest BCUT2D eigenvalue weighted by atomic mass is 10.2. The number of nitrogens with one attached hydrogen (secondary N) is 1. The molecule has 1 atom stereocenters. The fourth-order valence-corrected chi connectivity index (χ4v) is 3.07. The molecule has 1 saturated heterocycles. The lowest BCUT2D eigenvalue weighted by molar-refractivity contribution is -0.117. The second-order valence-electron chi connectivity index (χ2n) is 5.19. The minimum atomic E-state index is -0.131. The minimum absolute atomic E-state index is 0.0512. The number of rotatable bonds is 3. The first-order valence-corrected chi connectivity index (χ1v) is 7.73. The van der Waals surface area contributed by atoms with Gasteiger partial charge in [-0.3, -0.25) is 9.59 Å². The van der Waals surface area contributed by atoms with Gasteiger partial charge in [0.1, 0.15) is 0 Å². The van der Waals surface area contributed by atoms with E-state index in [1.165, 1.54) is 11.3 Å². The summed E-state index contributed by atoms with van der Waals surface area (Å²) in [6.45, 7) is 2.54. The first-order valence-electron chi connectivity index (χ1n) is 6.85. The number of nitrogens with zero attached hydrogens (tertiary/aromatic N) is 1. The molecule has 1 unspecified atom stereocenters. The summed E-state index contributed by atoms with van der Waals surface area (Å²) in [6, 6.07) is 11.4. The first kappa shape index (κ1) is 13.8. The molecule has 1 N–H and O–H groups in total. The zero-order valence-corrected chi connectivity index (χ0v) is 12.5. The molecule has 2 aromatic rings. The Morgan fingerprint density at radius 1 is 1.29 bits per heavy atom. The van der Waals surface area contributed by atoms with Crippen LogP contribution in [0.3, 0.4) is 0 Å². The highest BCUT2D eigenvalue weighted by atomic mass is 32.1. The van der Waals surface area contributed by atoms with Crippen molar-refractivity contribution in [1.82, 2.24) is 5.32 Å². The van der Waals surface area contributed by atoms with Gasteiger partial charge in [-0.1, -0.05) is 23.8 Å². The second-order valence-corrected chi connectivity index (χ2v) is 6.14. The van der Waals surface area contributed by atoms with Crippen LogP contribution in [0.2, 0.25) is 0 Å². The fraction of sp³-hybridized carbons (Fsp3) is 0.250. The maximum Gasteiger partial charge on any atom is 0.261 e. The number of aryl methyl sites for hydroxylation is 1. The van der Waals surface area contributed by atoms with Gasteiger partial charge < -0.3 is 10.2 Å². The maximum absolute atomic E-state index is 12.1. The van der Waals surface area contributed by atoms with Crippen LogP contribution in [-0.4, -0.2) is 24.4 Å². The normalized spacial score (nSPS) is 18.0. The van der Waals surface area contributed by atoms with Crippen molar-refractivity contribution >= 4 is 28.8 Å². The standard InChI is InChI=1S/C16H16N2O2S/c1-11-4-6-13(7-5-11)18-10-12(9-15(18)19)17-16(20)14-3-2-8-21-14/h2-8,12H,9-10H2,1H3,(H,17,20). The zero-order chi connectivity index (χ0) is 14.8. The molecular weight excluding hydrogens is 284 g/mol. The third-order valence-corrected chi connectivity index (χ3v) is 4.42. The summed E-state index contributed by atoms with van der Waals surface area (Å²) in [5.74, 6) is -0.0520. The van der Waals surface area contributed by atoms with Gasteiger partial charge in [-0.25, -0.2) is 0 Å². The van der Waals surface area contributed by atoms with Crippen molar-refractivity contribution in [3.8, 4) is 0 Å². The van der Waals surface area contributed by atoms with Crippen LogP contribution in [0.4, 0.5) is 5.69 Å². The number of hydrogen-bond acceptors (Lipinski definition) is 3. The molecule has 2 amide bonds. The van der Waals surface area contributed by atoms with E-state index in [0.717, 1.165) is 11.3 Å². The van der Waals surface area contributed by atoms with Crippen LogP contribution in [0.1, 0.15) is 21.7 Å². The SMILES string of the molecule is Cc1ccc(N2CC(NC(=O)c3cccs3)CC2=O)cc1. The first-order chi connectivity index (χ1) is 10.1. The predicted octanol–water partition coefficient (Wildman–Crippen LogP) is 2.59. The molecule has 2 heterocycles. The summed E-state index contributed by atoms with van der Waals surface area (Å²) in [5, 5.41) is 4.80. The molecule has 0 bridgehead atoms. The van der Waals surface area contributed by atoms with Crippen LogP contribution in [0.5, 0.6) is 0 Å². The van der Waals surface area contributed by atoms with Crippen LogP contribution in [0.15, 0.2) is 41.8 Å². The molecule has 5 heteroatoms. The van der Waals surface area contributed by atoms with Crippen molar-refractivity contribution in [2.75, 3.05) is 11.4 Å². The van der Waals surface area contributed by atoms with Crippen LogP contribution >= 0.6 is 11.3 Å². The fourth-order valence-electron chi connectivity index (χ4n) is 2.44. The third-order valence-electron chi connectivity index (χ3n) is 3.55. The molecule has 0 saturated carbocycles. The zero-order valence-electron chi connectivity index (χ0n) is 11.7. The number of hydrogen-bond donors (Lipinski definition) is 1. The highest BCUT2D eigenvalue weighted by Gasteiger charge is 2.31. The molecule has 21 heavy (non-hydrogen) atoms. The van der Waals surface area contributed by atoms with Gasteiger partial charge in [0.2, 0.25) is 5.91 Å². The Balaban J connectivity index is 1.67. The number of thiophene rings is 1. The quantitative estimate of drug-likeness (QED) is 0.947. The Morgan fingerprint density at radius 3 is 2.71 bits per heavy atom. The molecular formula is C16H16N2O2S. The van der Waals surface area contributed by atoms with Gasteiger partial charge in [0.05, 0.1) is 10.9 Å².